The molecule has 0 unspecified atom stereocenters. The van der Waals surface area contributed by atoms with Crippen molar-refractivity contribution < 1.29 is 0 Å². The molecule has 0 saturated heterocycles. The lowest BCUT2D eigenvalue weighted by Crippen LogP contribution is -1.64. The Morgan fingerprint density at radius 3 is 2.69 bits per heavy atom. The van der Waals surface area contributed by atoms with Crippen LogP contribution in [0.4, 0.5) is 11.5 Å². The van der Waals surface area contributed by atoms with E-state index >= 15 is 0 Å². The largest absolute Gasteiger partial charge is 0.283 e. The van der Waals surface area contributed by atoms with Gasteiger partial charge in [0, 0.05) is 12.3 Å². The van der Waals surface area contributed by atoms with Crippen LogP contribution < -0.4 is 0 Å². The summed E-state index contributed by atoms with van der Waals surface area (Å²) in [6.07, 6.45) is 1.70. The van der Waals surface area contributed by atoms with Crippen LogP contribution in [0.25, 0.3) is 0 Å². The summed E-state index contributed by atoms with van der Waals surface area (Å²) in [5.74, 6) is 0.577. The number of nitrogens with one attached hydrogen (secondary N) is 1. The van der Waals surface area contributed by atoms with Crippen molar-refractivity contribution in [1.29, 1.82) is 0 Å². The molecule has 1 N–H and O–H groups in total. The van der Waals surface area contributed by atoms with E-state index in [1.54, 1.807) is 24.4 Å². The third-order valence-electron chi connectivity index (χ3n) is 1.45. The molecular weight excluding hydrogens is 164 g/mol. The third-order valence-corrected chi connectivity index (χ3v) is 1.45. The van der Waals surface area contributed by atoms with Crippen LogP contribution in [0.5, 0.6) is 0 Å². The molecule has 0 fully saturated rings. The van der Waals surface area contributed by atoms with E-state index in [-0.39, 0.29) is 0 Å². The fourth-order valence-corrected chi connectivity index (χ4v) is 0.862. The van der Waals surface area contributed by atoms with E-state index in [0.29, 0.717) is 5.82 Å². The van der Waals surface area contributed by atoms with E-state index in [4.69, 9.17) is 0 Å². The van der Waals surface area contributed by atoms with Crippen LogP contribution in [0, 0.1) is 6.07 Å². The number of hydrogen-bond donors (Lipinski definition) is 1. The van der Waals surface area contributed by atoms with Gasteiger partial charge in [-0.25, -0.2) is 0 Å². The molecule has 2 aromatic rings. The fourth-order valence-electron chi connectivity index (χ4n) is 0.862. The van der Waals surface area contributed by atoms with Crippen LogP contribution in [0.2, 0.25) is 0 Å². The average molecular weight is 171 g/mol. The Morgan fingerprint density at radius 2 is 2.00 bits per heavy atom. The maximum absolute atomic E-state index is 3.97. The Morgan fingerprint density at radius 1 is 1.15 bits per heavy atom. The highest BCUT2D eigenvalue weighted by Gasteiger charge is 1.89. The van der Waals surface area contributed by atoms with Crippen molar-refractivity contribution >= 4 is 11.5 Å². The summed E-state index contributed by atoms with van der Waals surface area (Å²) in [6.45, 7) is 0. The summed E-state index contributed by atoms with van der Waals surface area (Å²) >= 11 is 0. The molecule has 0 amide bonds. The van der Waals surface area contributed by atoms with Gasteiger partial charge in [-0.3, -0.25) is 5.10 Å². The first kappa shape index (κ1) is 7.67. The SMILES string of the molecule is [c]1ccc(N=Nc2cc[nH]n2)cc1. The number of azo groups is 1. The Balaban J connectivity index is 2.15. The standard InChI is InChI=1S/C9H7N4/c1-2-4-8(5-3-1)11-13-9-6-7-10-12-9/h2-7H,(H,10,12). The predicted molar refractivity (Wildman–Crippen MR) is 48.0 cm³/mol. The zero-order valence-corrected chi connectivity index (χ0v) is 6.81. The minimum atomic E-state index is 0.577. The van der Waals surface area contributed by atoms with E-state index in [1.807, 2.05) is 12.1 Å². The first-order valence-corrected chi connectivity index (χ1v) is 3.83. The normalized spacial score (nSPS) is 10.8. The Kier molecular flexibility index (Phi) is 2.14. The first-order chi connectivity index (χ1) is 6.45. The molecule has 0 aliphatic heterocycles. The van der Waals surface area contributed by atoms with Crippen molar-refractivity contribution in [3.63, 3.8) is 0 Å². The van der Waals surface area contributed by atoms with Gasteiger partial charge in [-0.15, -0.1) is 10.2 Å². The molecule has 63 valence electrons. The smallest absolute Gasteiger partial charge is 0.195 e. The quantitative estimate of drug-likeness (QED) is 0.694. The van der Waals surface area contributed by atoms with Crippen molar-refractivity contribution in [3.05, 3.63) is 42.6 Å². The molecule has 0 bridgehead atoms. The first-order valence-electron chi connectivity index (χ1n) is 3.83. The Labute approximate surface area is 75.3 Å². The predicted octanol–water partition coefficient (Wildman–Crippen LogP) is 2.63. The summed E-state index contributed by atoms with van der Waals surface area (Å²) in [5, 5.41) is 14.4. The maximum Gasteiger partial charge on any atom is 0.195 e. The van der Waals surface area contributed by atoms with Crippen LogP contribution in [0.1, 0.15) is 0 Å². The lowest BCUT2D eigenvalue weighted by molar-refractivity contribution is 1.05. The molecule has 13 heavy (non-hydrogen) atoms. The number of nitrogens with zero attached hydrogens (tertiary/aromatic N) is 3. The van der Waals surface area contributed by atoms with Gasteiger partial charge in [-0.2, -0.15) is 5.10 Å². The lowest BCUT2D eigenvalue weighted by atomic mass is 10.3. The van der Waals surface area contributed by atoms with Gasteiger partial charge in [-0.05, 0) is 18.2 Å². The Hall–Kier alpha value is -1.97. The van der Waals surface area contributed by atoms with Crippen LogP contribution in [-0.2, 0) is 0 Å². The van der Waals surface area contributed by atoms with Gasteiger partial charge in [0.2, 0.25) is 0 Å². The number of benzene rings is 1. The summed E-state index contributed by atoms with van der Waals surface area (Å²) in [7, 11) is 0. The Bertz CT molecular complexity index is 377. The zero-order valence-electron chi connectivity index (χ0n) is 6.81. The van der Waals surface area contributed by atoms with Crippen molar-refractivity contribution in [2.45, 2.75) is 0 Å². The molecule has 0 aliphatic carbocycles. The van der Waals surface area contributed by atoms with E-state index in [0.717, 1.165) is 5.69 Å². The molecule has 1 radical (unpaired) electrons. The average Bonchev–Trinajstić information content (AvgIpc) is 2.69. The van der Waals surface area contributed by atoms with Gasteiger partial charge in [0.25, 0.3) is 0 Å². The zero-order chi connectivity index (χ0) is 8.93. The number of rotatable bonds is 2. The maximum atomic E-state index is 3.97. The van der Waals surface area contributed by atoms with Crippen molar-refractivity contribution in [1.82, 2.24) is 10.2 Å². The highest BCUT2D eigenvalue weighted by molar-refractivity contribution is 5.35. The second kappa shape index (κ2) is 3.62. The van der Waals surface area contributed by atoms with Crippen molar-refractivity contribution in [3.8, 4) is 0 Å². The van der Waals surface area contributed by atoms with Crippen LogP contribution >= 0.6 is 0 Å². The molecule has 1 heterocycles. The van der Waals surface area contributed by atoms with Crippen molar-refractivity contribution in [2.75, 3.05) is 0 Å². The molecule has 4 heteroatoms. The van der Waals surface area contributed by atoms with Crippen LogP contribution in [0.3, 0.4) is 0 Å². The number of H-pyrrole nitrogens is 1. The van der Waals surface area contributed by atoms with E-state index in [2.05, 4.69) is 26.5 Å². The summed E-state index contributed by atoms with van der Waals surface area (Å²) < 4.78 is 0. The van der Waals surface area contributed by atoms with E-state index in [9.17, 15) is 0 Å². The van der Waals surface area contributed by atoms with Crippen LogP contribution in [0.15, 0.2) is 46.8 Å². The van der Waals surface area contributed by atoms with Gasteiger partial charge in [0.05, 0.1) is 5.69 Å². The minimum absolute atomic E-state index is 0.577. The summed E-state index contributed by atoms with van der Waals surface area (Å²) in [5.41, 5.74) is 0.793. The van der Waals surface area contributed by atoms with Crippen molar-refractivity contribution in [2.24, 2.45) is 10.2 Å². The van der Waals surface area contributed by atoms with Crippen LogP contribution in [-0.4, -0.2) is 10.2 Å². The lowest BCUT2D eigenvalue weighted by Gasteiger charge is -1.87. The number of aromatic nitrogens is 2. The van der Waals surface area contributed by atoms with Gasteiger partial charge < -0.3 is 0 Å². The van der Waals surface area contributed by atoms with Gasteiger partial charge in [0.15, 0.2) is 5.82 Å². The van der Waals surface area contributed by atoms with Gasteiger partial charge >= 0.3 is 0 Å². The molecule has 1 aromatic carbocycles. The van der Waals surface area contributed by atoms with Gasteiger partial charge in [0.1, 0.15) is 0 Å². The molecule has 2 rings (SSSR count). The second-order valence-corrected chi connectivity index (χ2v) is 2.39. The summed E-state index contributed by atoms with van der Waals surface area (Å²) in [4.78, 5) is 0. The highest BCUT2D eigenvalue weighted by atomic mass is 15.2. The molecule has 4 nitrogen and oxygen atoms in total. The monoisotopic (exact) mass is 171 g/mol. The molecule has 0 aliphatic rings. The number of aromatic amines is 1. The molecule has 0 atom stereocenters. The van der Waals surface area contributed by atoms with E-state index < -0.39 is 0 Å². The topological polar surface area (TPSA) is 53.4 Å². The molecule has 0 saturated carbocycles. The molecular formula is C9H7N4. The highest BCUT2D eigenvalue weighted by Crippen LogP contribution is 2.14. The number of hydrogen-bond acceptors (Lipinski definition) is 3. The van der Waals surface area contributed by atoms with Gasteiger partial charge in [-0.1, -0.05) is 12.1 Å². The minimum Gasteiger partial charge on any atom is -0.283 e. The molecule has 1 aromatic heterocycles. The fraction of sp³-hybridized carbons (Fsp3) is 0. The molecule has 0 spiro atoms. The second-order valence-electron chi connectivity index (χ2n) is 2.39. The van der Waals surface area contributed by atoms with E-state index in [1.165, 1.54) is 0 Å². The third kappa shape index (κ3) is 1.99. The summed E-state index contributed by atoms with van der Waals surface area (Å²) in [6, 6.07) is 11.9.